The molecule has 4 aromatic carbocycles. The normalized spacial score (nSPS) is 20.1. The molecule has 1 heterocycles. The van der Waals surface area contributed by atoms with Crippen molar-refractivity contribution in [2.24, 2.45) is 11.5 Å². The van der Waals surface area contributed by atoms with Gasteiger partial charge in [0.25, 0.3) is 0 Å². The van der Waals surface area contributed by atoms with Crippen LogP contribution in [0, 0.1) is 0 Å². The molecule has 2 aliphatic rings. The fourth-order valence-corrected chi connectivity index (χ4v) is 7.11. The number of nitrogens with two attached hydrogens (primary N) is 2. The quantitative estimate of drug-likeness (QED) is 0.0377. The van der Waals surface area contributed by atoms with Crippen molar-refractivity contribution in [3.63, 3.8) is 0 Å². The maximum Gasteiger partial charge on any atom is 0.308 e. The van der Waals surface area contributed by atoms with Crippen LogP contribution in [0.2, 0.25) is 0 Å². The summed E-state index contributed by atoms with van der Waals surface area (Å²) < 4.78 is 17.1. The minimum Gasteiger partial charge on any atom is -0.507 e. The molecule has 0 saturated carbocycles. The van der Waals surface area contributed by atoms with Crippen molar-refractivity contribution in [2.45, 2.75) is 76.3 Å². The molecule has 1 aliphatic heterocycles. The van der Waals surface area contributed by atoms with E-state index >= 15 is 0 Å². The first-order valence-corrected chi connectivity index (χ1v) is 18.2. The van der Waals surface area contributed by atoms with Crippen molar-refractivity contribution in [1.29, 1.82) is 0 Å². The predicted molar refractivity (Wildman–Crippen MR) is 204 cm³/mol. The number of phenols is 1. The van der Waals surface area contributed by atoms with Crippen LogP contribution in [0.1, 0.15) is 97.2 Å². The molecule has 15 heteroatoms. The summed E-state index contributed by atoms with van der Waals surface area (Å²) in [5, 5.41) is 74.1. The Kier molecular flexibility index (Phi) is 12.1. The van der Waals surface area contributed by atoms with Gasteiger partial charge in [-0.2, -0.15) is 0 Å². The van der Waals surface area contributed by atoms with E-state index in [1.54, 1.807) is 36.4 Å². The van der Waals surface area contributed by atoms with Crippen LogP contribution in [-0.2, 0) is 29.0 Å². The van der Waals surface area contributed by atoms with E-state index in [4.69, 9.17) is 25.7 Å². The first-order valence-electron chi connectivity index (χ1n) is 18.2. The zero-order chi connectivity index (χ0) is 41.3. The highest BCUT2D eigenvalue weighted by molar-refractivity contribution is 6.31. The van der Waals surface area contributed by atoms with E-state index in [0.29, 0.717) is 29.5 Å². The minimum atomic E-state index is -3.09. The molecule has 1 fully saturated rings. The summed E-state index contributed by atoms with van der Waals surface area (Å²) >= 11 is 0. The highest BCUT2D eigenvalue weighted by Gasteiger charge is 2.54. The van der Waals surface area contributed by atoms with Gasteiger partial charge in [0.1, 0.15) is 23.4 Å². The molecule has 4 unspecified atom stereocenters. The van der Waals surface area contributed by atoms with Gasteiger partial charge in [-0.15, -0.1) is 0 Å². The molecule has 4 aromatic rings. The van der Waals surface area contributed by atoms with E-state index in [9.17, 15) is 50.1 Å². The SMILES string of the molecule is CC(=O)Oc1cc(CO)c2c(c1C=Cc1cccc(CCCO)c1)C(=O)c1cc(OC3OC(C)C(O)C(O)(O)C3O)c(Cc3cccc(C(N)N)c3)c(O)c1C2=O. The molecule has 4 atom stereocenters. The lowest BCUT2D eigenvalue weighted by Gasteiger charge is -2.44. The number of phenolic OH excluding ortho intramolecular Hbond substituents is 1. The monoisotopic (exact) mass is 784 g/mol. The van der Waals surface area contributed by atoms with Gasteiger partial charge in [-0.3, -0.25) is 14.4 Å². The molecular formula is C42H44N2O13. The minimum absolute atomic E-state index is 0.00685. The number of rotatable bonds is 12. The highest BCUT2D eigenvalue weighted by atomic mass is 16.7. The Bertz CT molecular complexity index is 2250. The molecule has 0 bridgehead atoms. The highest BCUT2D eigenvalue weighted by Crippen LogP contribution is 2.45. The lowest BCUT2D eigenvalue weighted by molar-refractivity contribution is -0.371. The molecular weight excluding hydrogens is 740 g/mol. The maximum absolute atomic E-state index is 14.8. The molecule has 0 aromatic heterocycles. The summed E-state index contributed by atoms with van der Waals surface area (Å²) in [6.07, 6.45) is -4.11. The largest absolute Gasteiger partial charge is 0.507 e. The van der Waals surface area contributed by atoms with Crippen LogP contribution in [0.15, 0.2) is 60.7 Å². The Hall–Kier alpha value is -5.33. The smallest absolute Gasteiger partial charge is 0.308 e. The van der Waals surface area contributed by atoms with E-state index in [-0.39, 0.29) is 57.9 Å². The van der Waals surface area contributed by atoms with Gasteiger partial charge in [0, 0.05) is 47.8 Å². The van der Waals surface area contributed by atoms with Gasteiger partial charge >= 0.3 is 5.97 Å². The third kappa shape index (κ3) is 8.11. The van der Waals surface area contributed by atoms with E-state index in [0.717, 1.165) is 18.6 Å². The Morgan fingerprint density at radius 1 is 0.912 bits per heavy atom. The second-order valence-electron chi connectivity index (χ2n) is 14.1. The fraction of sp³-hybridized carbons (Fsp3) is 0.310. The zero-order valence-corrected chi connectivity index (χ0v) is 31.1. The molecule has 0 radical (unpaired) electrons. The summed E-state index contributed by atoms with van der Waals surface area (Å²) in [5.74, 6) is -6.67. The summed E-state index contributed by atoms with van der Waals surface area (Å²) in [6.45, 7) is 1.70. The van der Waals surface area contributed by atoms with Gasteiger partial charge < -0.3 is 61.4 Å². The van der Waals surface area contributed by atoms with E-state index in [1.165, 1.54) is 19.1 Å². The number of ketones is 2. The standard InChI is InChI=1S/C42H44N2O13/c1-20-38(51)42(53,54)39(52)41(55-20)57-31-18-29-34(35(48)28(31)16-24-8-4-10-25(15-24)40(43)44)37(50)32-26(19-46)17-30(56-21(2)47)27(33(32)36(29)49)12-11-23-7-3-6-22(14-23)9-5-13-45/h3-4,6-8,10-12,14-15,17-18,20,38-41,45-46,48,51-54H,5,9,13,16,19,43-44H2,1-2H3. The average Bonchev–Trinajstić information content (AvgIpc) is 3.17. The number of carbonyl (C=O) groups excluding carboxylic acids is 3. The van der Waals surface area contributed by atoms with Gasteiger partial charge in [0.2, 0.25) is 12.1 Å². The number of aliphatic hydroxyl groups excluding tert-OH is 4. The number of hydrogen-bond acceptors (Lipinski definition) is 15. The van der Waals surface area contributed by atoms with Crippen molar-refractivity contribution >= 4 is 29.7 Å². The second kappa shape index (κ2) is 16.6. The van der Waals surface area contributed by atoms with Gasteiger partial charge in [-0.25, -0.2) is 0 Å². The van der Waals surface area contributed by atoms with Crippen LogP contribution in [0.25, 0.3) is 12.2 Å². The topological polar surface area (TPSA) is 273 Å². The molecule has 11 N–H and O–H groups in total. The average molecular weight is 785 g/mol. The van der Waals surface area contributed by atoms with E-state index in [2.05, 4.69) is 0 Å². The van der Waals surface area contributed by atoms with Gasteiger partial charge in [0.05, 0.1) is 24.4 Å². The Labute approximate surface area is 327 Å². The van der Waals surface area contributed by atoms with Crippen LogP contribution in [0.3, 0.4) is 0 Å². The maximum atomic E-state index is 14.8. The van der Waals surface area contributed by atoms with Crippen LogP contribution >= 0.6 is 0 Å². The van der Waals surface area contributed by atoms with E-state index < -0.39 is 72.0 Å². The third-order valence-electron chi connectivity index (χ3n) is 10.0. The number of aryl methyl sites for hydroxylation is 1. The molecule has 1 saturated heterocycles. The summed E-state index contributed by atoms with van der Waals surface area (Å²) in [4.78, 5) is 41.7. The molecule has 57 heavy (non-hydrogen) atoms. The number of benzene rings is 4. The van der Waals surface area contributed by atoms with Crippen molar-refractivity contribution < 1.29 is 64.3 Å². The molecule has 6 rings (SSSR count). The van der Waals surface area contributed by atoms with Gasteiger partial charge in [-0.1, -0.05) is 54.6 Å². The number of aliphatic hydroxyl groups is 6. The first kappa shape index (κ1) is 41.3. The fourth-order valence-electron chi connectivity index (χ4n) is 7.11. The zero-order valence-electron chi connectivity index (χ0n) is 31.1. The summed E-state index contributed by atoms with van der Waals surface area (Å²) in [5.41, 5.74) is 13.0. The Balaban J connectivity index is 1.55. The summed E-state index contributed by atoms with van der Waals surface area (Å²) in [6, 6.07) is 16.4. The second-order valence-corrected chi connectivity index (χ2v) is 14.1. The van der Waals surface area contributed by atoms with Crippen molar-refractivity contribution in [3.05, 3.63) is 122 Å². The van der Waals surface area contributed by atoms with Crippen LogP contribution in [0.4, 0.5) is 0 Å². The number of aromatic hydroxyl groups is 1. The number of ether oxygens (including phenoxy) is 3. The summed E-state index contributed by atoms with van der Waals surface area (Å²) in [7, 11) is 0. The third-order valence-corrected chi connectivity index (χ3v) is 10.0. The molecule has 300 valence electrons. The number of fused-ring (bicyclic) bond motifs is 2. The van der Waals surface area contributed by atoms with Crippen molar-refractivity contribution in [2.75, 3.05) is 6.61 Å². The predicted octanol–water partition coefficient (Wildman–Crippen LogP) is 1.71. The van der Waals surface area contributed by atoms with Crippen molar-refractivity contribution in [1.82, 2.24) is 0 Å². The Morgan fingerprint density at radius 2 is 1.63 bits per heavy atom. The van der Waals surface area contributed by atoms with Crippen LogP contribution in [0.5, 0.6) is 17.2 Å². The van der Waals surface area contributed by atoms with Gasteiger partial charge in [-0.05, 0) is 65.8 Å². The molecule has 15 nitrogen and oxygen atoms in total. The van der Waals surface area contributed by atoms with Gasteiger partial charge in [0.15, 0.2) is 17.7 Å². The number of esters is 1. The van der Waals surface area contributed by atoms with Crippen molar-refractivity contribution in [3.8, 4) is 17.2 Å². The number of hydrogen-bond donors (Lipinski definition) is 9. The first-order chi connectivity index (χ1) is 27.1. The molecule has 0 amide bonds. The van der Waals surface area contributed by atoms with Crippen LogP contribution in [-0.4, -0.2) is 90.3 Å². The molecule has 0 spiro atoms. The molecule has 1 aliphatic carbocycles. The number of carbonyl (C=O) groups is 3. The lowest BCUT2D eigenvalue weighted by atomic mass is 9.77. The lowest BCUT2D eigenvalue weighted by Crippen LogP contribution is -2.67. The Morgan fingerprint density at radius 3 is 2.32 bits per heavy atom. The van der Waals surface area contributed by atoms with Crippen LogP contribution < -0.4 is 20.9 Å². The van der Waals surface area contributed by atoms with E-state index in [1.807, 2.05) is 18.2 Å².